The molecule has 0 aliphatic heterocycles. The highest BCUT2D eigenvalue weighted by molar-refractivity contribution is 8.02. The van der Waals surface area contributed by atoms with Gasteiger partial charge in [-0.05, 0) is 39.4 Å². The molecule has 0 aromatic carbocycles. The van der Waals surface area contributed by atoms with Gasteiger partial charge in [0.05, 0.1) is 22.6 Å². The Morgan fingerprint density at radius 3 is 2.76 bits per heavy atom. The van der Waals surface area contributed by atoms with Gasteiger partial charge < -0.3 is 14.6 Å². The fourth-order valence-electron chi connectivity index (χ4n) is 1.59. The third-order valence-corrected chi connectivity index (χ3v) is 4.19. The van der Waals surface area contributed by atoms with Crippen LogP contribution in [0.4, 0.5) is 0 Å². The van der Waals surface area contributed by atoms with Gasteiger partial charge >= 0.3 is 0 Å². The van der Waals surface area contributed by atoms with Gasteiger partial charge in [0.1, 0.15) is 16.5 Å². The van der Waals surface area contributed by atoms with E-state index in [9.17, 15) is 10.1 Å². The SMILES string of the molecule is CSC(=C[N+](=O)[O-])NC(C)SCc1ccc(CN(C)C)o1. The third kappa shape index (κ3) is 7.45. The number of nitrogens with zero attached hydrogens (tertiary/aromatic N) is 2. The molecule has 21 heavy (non-hydrogen) atoms. The number of nitro groups is 1. The van der Waals surface area contributed by atoms with Gasteiger partial charge in [0.15, 0.2) is 0 Å². The molecule has 0 bridgehead atoms. The van der Waals surface area contributed by atoms with Crippen molar-refractivity contribution >= 4 is 23.5 Å². The number of nitrogens with one attached hydrogen (secondary N) is 1. The van der Waals surface area contributed by atoms with Crippen LogP contribution < -0.4 is 5.32 Å². The predicted molar refractivity (Wildman–Crippen MR) is 88.6 cm³/mol. The first-order chi connectivity index (χ1) is 9.90. The summed E-state index contributed by atoms with van der Waals surface area (Å²) in [4.78, 5) is 12.1. The van der Waals surface area contributed by atoms with Crippen LogP contribution in [0.5, 0.6) is 0 Å². The predicted octanol–water partition coefficient (Wildman–Crippen LogP) is 2.95. The second kappa shape index (κ2) is 9.01. The van der Waals surface area contributed by atoms with E-state index >= 15 is 0 Å². The first-order valence-electron chi connectivity index (χ1n) is 6.40. The normalized spacial score (nSPS) is 13.5. The molecule has 1 aromatic rings. The fourth-order valence-corrected chi connectivity index (χ4v) is 2.93. The Bertz CT molecular complexity index is 489. The van der Waals surface area contributed by atoms with E-state index < -0.39 is 4.92 Å². The molecule has 1 unspecified atom stereocenters. The lowest BCUT2D eigenvalue weighted by Gasteiger charge is -2.14. The summed E-state index contributed by atoms with van der Waals surface area (Å²) in [6.07, 6.45) is 2.80. The zero-order valence-corrected chi connectivity index (χ0v) is 14.3. The van der Waals surface area contributed by atoms with Crippen LogP contribution in [-0.4, -0.2) is 35.5 Å². The summed E-state index contributed by atoms with van der Waals surface area (Å²) in [6.45, 7) is 2.75. The van der Waals surface area contributed by atoms with Crippen molar-refractivity contribution < 1.29 is 9.34 Å². The first kappa shape index (κ1) is 17.9. The average Bonchev–Trinajstić information content (AvgIpc) is 2.81. The van der Waals surface area contributed by atoms with E-state index in [4.69, 9.17) is 4.42 Å². The Kier molecular flexibility index (Phi) is 7.69. The van der Waals surface area contributed by atoms with E-state index in [0.29, 0.717) is 5.03 Å². The van der Waals surface area contributed by atoms with Gasteiger partial charge in [0, 0.05) is 0 Å². The molecule has 1 atom stereocenters. The van der Waals surface area contributed by atoms with Gasteiger partial charge in [0.2, 0.25) is 0 Å². The smallest absolute Gasteiger partial charge is 0.263 e. The quantitative estimate of drug-likeness (QED) is 0.424. The van der Waals surface area contributed by atoms with E-state index in [2.05, 4.69) is 5.32 Å². The molecule has 118 valence electrons. The molecular weight excluding hydrogens is 310 g/mol. The van der Waals surface area contributed by atoms with Crippen LogP contribution in [0.2, 0.25) is 0 Å². The summed E-state index contributed by atoms with van der Waals surface area (Å²) < 4.78 is 5.72. The Hall–Kier alpha value is -1.12. The summed E-state index contributed by atoms with van der Waals surface area (Å²) in [5, 5.41) is 14.2. The van der Waals surface area contributed by atoms with E-state index in [1.54, 1.807) is 18.0 Å². The standard InChI is InChI=1S/C13H21N3O3S2/c1-10(14-13(20-4)8-16(17)18)21-9-12-6-5-11(19-12)7-15(2)3/h5-6,8,10,14H,7,9H2,1-4H3. The highest BCUT2D eigenvalue weighted by Gasteiger charge is 2.09. The van der Waals surface area contributed by atoms with Crippen molar-refractivity contribution in [3.8, 4) is 0 Å². The highest BCUT2D eigenvalue weighted by atomic mass is 32.2. The van der Waals surface area contributed by atoms with Crippen LogP contribution >= 0.6 is 23.5 Å². The molecular formula is C13H21N3O3S2. The summed E-state index contributed by atoms with van der Waals surface area (Å²) in [7, 11) is 3.99. The van der Waals surface area contributed by atoms with Crippen LogP contribution in [0.1, 0.15) is 18.4 Å². The maximum absolute atomic E-state index is 10.5. The Labute approximate surface area is 133 Å². The van der Waals surface area contributed by atoms with Crippen molar-refractivity contribution in [1.82, 2.24) is 10.2 Å². The summed E-state index contributed by atoms with van der Waals surface area (Å²) in [5.41, 5.74) is 0. The molecule has 0 aliphatic carbocycles. The lowest BCUT2D eigenvalue weighted by molar-refractivity contribution is -0.403. The molecule has 0 aliphatic rings. The Balaban J connectivity index is 2.43. The van der Waals surface area contributed by atoms with Crippen molar-refractivity contribution in [3.63, 3.8) is 0 Å². The van der Waals surface area contributed by atoms with Crippen LogP contribution in [-0.2, 0) is 12.3 Å². The number of hydrogen-bond acceptors (Lipinski definition) is 7. The highest BCUT2D eigenvalue weighted by Crippen LogP contribution is 2.21. The molecule has 1 N–H and O–H groups in total. The minimum atomic E-state index is -0.448. The van der Waals surface area contributed by atoms with Crippen molar-refractivity contribution in [3.05, 3.63) is 45.0 Å². The summed E-state index contributed by atoms with van der Waals surface area (Å²) in [5.74, 6) is 2.57. The van der Waals surface area contributed by atoms with E-state index in [-0.39, 0.29) is 5.37 Å². The van der Waals surface area contributed by atoms with E-state index in [1.807, 2.05) is 38.1 Å². The van der Waals surface area contributed by atoms with Crippen LogP contribution in [0.15, 0.2) is 27.8 Å². The zero-order valence-electron chi connectivity index (χ0n) is 12.7. The largest absolute Gasteiger partial charge is 0.464 e. The van der Waals surface area contributed by atoms with Gasteiger partial charge in [-0.2, -0.15) is 0 Å². The van der Waals surface area contributed by atoms with Crippen molar-refractivity contribution in [1.29, 1.82) is 0 Å². The number of hydrogen-bond donors (Lipinski definition) is 1. The lowest BCUT2D eigenvalue weighted by Crippen LogP contribution is -2.21. The minimum Gasteiger partial charge on any atom is -0.464 e. The Morgan fingerprint density at radius 1 is 1.52 bits per heavy atom. The molecule has 0 fully saturated rings. The summed E-state index contributed by atoms with van der Waals surface area (Å²) in [6, 6.07) is 3.95. The van der Waals surface area contributed by atoms with Gasteiger partial charge in [-0.15, -0.1) is 23.5 Å². The fraction of sp³-hybridized carbons (Fsp3) is 0.538. The molecule has 8 heteroatoms. The number of thioether (sulfide) groups is 2. The zero-order chi connectivity index (χ0) is 15.8. The first-order valence-corrected chi connectivity index (χ1v) is 8.67. The second-order valence-corrected chi connectivity index (χ2v) is 6.86. The van der Waals surface area contributed by atoms with Crippen molar-refractivity contribution in [2.24, 2.45) is 0 Å². The van der Waals surface area contributed by atoms with E-state index in [1.165, 1.54) is 11.8 Å². The topological polar surface area (TPSA) is 71.6 Å². The number of rotatable bonds is 9. The molecule has 1 aromatic heterocycles. The molecule has 6 nitrogen and oxygen atoms in total. The maximum Gasteiger partial charge on any atom is 0.263 e. The van der Waals surface area contributed by atoms with Crippen molar-refractivity contribution in [2.75, 3.05) is 20.4 Å². The minimum absolute atomic E-state index is 0.0612. The molecule has 1 rings (SSSR count). The van der Waals surface area contributed by atoms with Gasteiger partial charge in [-0.25, -0.2) is 0 Å². The van der Waals surface area contributed by atoms with Gasteiger partial charge in [-0.1, -0.05) is 0 Å². The average molecular weight is 331 g/mol. The van der Waals surface area contributed by atoms with Gasteiger partial charge in [0.25, 0.3) is 6.20 Å². The second-order valence-electron chi connectivity index (χ2n) is 4.69. The molecule has 0 amide bonds. The molecule has 0 spiro atoms. The Morgan fingerprint density at radius 2 is 2.19 bits per heavy atom. The molecule has 1 heterocycles. The molecule has 0 saturated heterocycles. The number of furan rings is 1. The monoisotopic (exact) mass is 331 g/mol. The lowest BCUT2D eigenvalue weighted by atomic mass is 10.4. The molecule has 0 saturated carbocycles. The van der Waals surface area contributed by atoms with Gasteiger partial charge in [-0.3, -0.25) is 10.1 Å². The van der Waals surface area contributed by atoms with E-state index in [0.717, 1.165) is 30.0 Å². The third-order valence-electron chi connectivity index (χ3n) is 2.45. The van der Waals surface area contributed by atoms with Crippen LogP contribution in [0, 0.1) is 10.1 Å². The van der Waals surface area contributed by atoms with Crippen molar-refractivity contribution in [2.45, 2.75) is 24.6 Å². The summed E-state index contributed by atoms with van der Waals surface area (Å²) >= 11 is 2.96. The van der Waals surface area contributed by atoms with Crippen LogP contribution in [0.3, 0.4) is 0 Å². The van der Waals surface area contributed by atoms with Crippen LogP contribution in [0.25, 0.3) is 0 Å². The molecule has 0 radical (unpaired) electrons. The maximum atomic E-state index is 10.5.